The van der Waals surface area contributed by atoms with Crippen molar-refractivity contribution in [3.05, 3.63) is 114 Å². The molecule has 0 bridgehead atoms. The van der Waals surface area contributed by atoms with Gasteiger partial charge in [0.2, 0.25) is 0 Å². The first-order valence-corrected chi connectivity index (χ1v) is 19.7. The average molecular weight is 814 g/mol. The fourth-order valence-corrected chi connectivity index (χ4v) is 7.72. The molecule has 0 aliphatic rings. The zero-order valence-electron chi connectivity index (χ0n) is 28.7. The van der Waals surface area contributed by atoms with Crippen LogP contribution in [0.4, 0.5) is 0 Å². The molecule has 0 saturated carbocycles. The molecule has 3 heterocycles. The number of fused-ring (bicyclic) bond motifs is 4. The Morgan fingerprint density at radius 3 is 2.34 bits per heavy atom. The molecular weight excluding hydrogens is 771 g/mol. The maximum absolute atomic E-state index is 6.15. The Morgan fingerprint density at radius 2 is 1.64 bits per heavy atom. The molecule has 0 fully saturated rings. The third kappa shape index (κ3) is 7.36. The molecule has 0 aliphatic carbocycles. The van der Waals surface area contributed by atoms with Gasteiger partial charge in [-0.15, -0.1) is 53.6 Å². The van der Waals surface area contributed by atoms with E-state index in [0.717, 1.165) is 68.6 Å². The smallest absolute Gasteiger partial charge is 0.120 e. The Balaban J connectivity index is 0.000000182. The summed E-state index contributed by atoms with van der Waals surface area (Å²) in [5.41, 5.74) is 9.90. The van der Waals surface area contributed by atoms with Crippen molar-refractivity contribution < 1.29 is 24.5 Å². The Kier molecular flexibility index (Phi) is 10.1. The largest absolute Gasteiger partial charge is 0.501 e. The summed E-state index contributed by atoms with van der Waals surface area (Å²) in [5.74, 6) is 0.906. The first-order chi connectivity index (χ1) is 21.9. The fraction of sp³-hybridized carbons (Fsp3) is 0.268. The molecule has 0 N–H and O–H groups in total. The third-order valence-electron chi connectivity index (χ3n) is 8.30. The van der Waals surface area contributed by atoms with Crippen LogP contribution < -0.4 is 5.19 Å². The van der Waals surface area contributed by atoms with E-state index < -0.39 is 8.07 Å². The molecule has 243 valence electrons. The number of hydrogen-bond acceptors (Lipinski definition) is 3. The molecule has 0 amide bonds. The molecule has 0 saturated heterocycles. The van der Waals surface area contributed by atoms with Crippen LogP contribution in [0.5, 0.6) is 0 Å². The Bertz CT molecular complexity index is 2150. The number of imidazole rings is 1. The van der Waals surface area contributed by atoms with E-state index in [4.69, 9.17) is 14.4 Å². The van der Waals surface area contributed by atoms with Gasteiger partial charge in [-0.05, 0) is 47.8 Å². The minimum Gasteiger partial charge on any atom is -0.501 e. The van der Waals surface area contributed by atoms with Gasteiger partial charge in [-0.1, -0.05) is 100 Å². The van der Waals surface area contributed by atoms with Gasteiger partial charge >= 0.3 is 0 Å². The maximum atomic E-state index is 6.15. The number of hydrogen-bond donors (Lipinski definition) is 0. The summed E-state index contributed by atoms with van der Waals surface area (Å²) in [6, 6.07) is 35.6. The monoisotopic (exact) mass is 814 g/mol. The van der Waals surface area contributed by atoms with Gasteiger partial charge in [0.05, 0.1) is 30.5 Å². The van der Waals surface area contributed by atoms with E-state index in [1.807, 2.05) is 48.5 Å². The number of aromatic nitrogens is 3. The second-order valence-corrected chi connectivity index (χ2v) is 19.4. The van der Waals surface area contributed by atoms with Crippen molar-refractivity contribution in [2.75, 3.05) is 0 Å². The topological polar surface area (TPSA) is 43.9 Å². The molecule has 7 rings (SSSR count). The first kappa shape index (κ1) is 34.5. The summed E-state index contributed by atoms with van der Waals surface area (Å²) in [5, 5.41) is 3.72. The van der Waals surface area contributed by atoms with E-state index >= 15 is 0 Å². The van der Waals surface area contributed by atoms with E-state index in [9.17, 15) is 0 Å². The molecule has 0 unspecified atom stereocenters. The van der Waals surface area contributed by atoms with Crippen LogP contribution in [0.1, 0.15) is 38.8 Å². The normalized spacial score (nSPS) is 11.8. The molecular formula is C41H43IrN3OSi-2. The SMILES string of the molecule is CCn1c(-c2[c-]ccc3c2oc2ccccc23)nc2ccccc21.Cc1c[c-]c(-c2cc(CC(C)(C)C)c([Si](C)(C)C)cn2)cc1.[Ir]. The van der Waals surface area contributed by atoms with Gasteiger partial charge in [-0.2, -0.15) is 0 Å². The molecule has 0 aliphatic heterocycles. The van der Waals surface area contributed by atoms with Crippen molar-refractivity contribution in [2.24, 2.45) is 5.41 Å². The molecule has 6 heteroatoms. The van der Waals surface area contributed by atoms with Crippen molar-refractivity contribution in [3.8, 4) is 22.6 Å². The Morgan fingerprint density at radius 1 is 0.894 bits per heavy atom. The summed E-state index contributed by atoms with van der Waals surface area (Å²) in [7, 11) is -1.38. The second-order valence-electron chi connectivity index (χ2n) is 14.4. The van der Waals surface area contributed by atoms with Gasteiger partial charge in [0.1, 0.15) is 5.58 Å². The van der Waals surface area contributed by atoms with Crippen molar-refractivity contribution in [3.63, 3.8) is 0 Å². The third-order valence-corrected chi connectivity index (χ3v) is 10.4. The average Bonchev–Trinajstić information content (AvgIpc) is 3.59. The van der Waals surface area contributed by atoms with Crippen LogP contribution in [0.3, 0.4) is 0 Å². The van der Waals surface area contributed by atoms with Crippen LogP contribution in [-0.4, -0.2) is 22.6 Å². The predicted octanol–water partition coefficient (Wildman–Crippen LogP) is 10.4. The van der Waals surface area contributed by atoms with Crippen molar-refractivity contribution in [2.45, 2.75) is 67.2 Å². The number of rotatable bonds is 5. The van der Waals surface area contributed by atoms with Gasteiger partial charge in [0, 0.05) is 38.2 Å². The number of pyridine rings is 1. The van der Waals surface area contributed by atoms with Gasteiger partial charge in [0.15, 0.2) is 0 Å². The number of nitrogens with zero attached hydrogens (tertiary/aromatic N) is 3. The van der Waals surface area contributed by atoms with E-state index in [1.165, 1.54) is 16.3 Å². The first-order valence-electron chi connectivity index (χ1n) is 16.2. The standard InChI is InChI=1S/C21H15N2O.C20H28NSi.Ir/c1-2-23-18-12-5-4-11-17(18)22-21(23)16-10-7-9-15-14-8-3-6-13-19(14)24-20(15)16;1-15-8-10-16(11-9-15)18-12-17(13-20(2,3)4)19(14-21-18)22(5,6)7;/h3-9,11-13H,2H2,1H3;8-10,12,14H,13H2,1-7H3;/q2*-1;. The molecule has 7 aromatic rings. The van der Waals surface area contributed by atoms with Crippen LogP contribution in [-0.2, 0) is 33.1 Å². The Hall–Kier alpha value is -3.83. The molecule has 4 nitrogen and oxygen atoms in total. The van der Waals surface area contributed by atoms with Gasteiger partial charge < -0.3 is 14.0 Å². The van der Waals surface area contributed by atoms with Crippen LogP contribution in [0.2, 0.25) is 19.6 Å². The van der Waals surface area contributed by atoms with Crippen LogP contribution in [0.15, 0.2) is 95.5 Å². The molecule has 0 atom stereocenters. The van der Waals surface area contributed by atoms with Crippen molar-refractivity contribution in [1.82, 2.24) is 14.5 Å². The van der Waals surface area contributed by atoms with Gasteiger partial charge in [-0.3, -0.25) is 4.98 Å². The zero-order chi connectivity index (χ0) is 32.6. The van der Waals surface area contributed by atoms with E-state index in [0.29, 0.717) is 0 Å². The predicted molar refractivity (Wildman–Crippen MR) is 196 cm³/mol. The number of benzene rings is 4. The summed E-state index contributed by atoms with van der Waals surface area (Å²) >= 11 is 0. The van der Waals surface area contributed by atoms with Crippen LogP contribution in [0.25, 0.3) is 55.6 Å². The van der Waals surface area contributed by atoms with Crippen LogP contribution >= 0.6 is 0 Å². The van der Waals surface area contributed by atoms with E-state index in [1.54, 1.807) is 0 Å². The summed E-state index contributed by atoms with van der Waals surface area (Å²) < 4.78 is 8.36. The number of aryl methyl sites for hydroxylation is 2. The molecule has 4 aromatic carbocycles. The zero-order valence-corrected chi connectivity index (χ0v) is 32.1. The number of para-hydroxylation sites is 3. The molecule has 3 aromatic heterocycles. The fourth-order valence-electron chi connectivity index (χ4n) is 6.14. The molecule has 1 radical (unpaired) electrons. The quantitative estimate of drug-likeness (QED) is 0.128. The van der Waals surface area contributed by atoms with Crippen molar-refractivity contribution >= 4 is 46.2 Å². The summed E-state index contributed by atoms with van der Waals surface area (Å²) in [6.45, 7) is 19.2. The number of furan rings is 1. The van der Waals surface area contributed by atoms with E-state index in [-0.39, 0.29) is 25.5 Å². The van der Waals surface area contributed by atoms with Gasteiger partial charge in [0.25, 0.3) is 0 Å². The second kappa shape index (κ2) is 13.7. The van der Waals surface area contributed by atoms with Gasteiger partial charge in [-0.25, -0.2) is 0 Å². The summed E-state index contributed by atoms with van der Waals surface area (Å²) in [4.78, 5) is 9.58. The van der Waals surface area contributed by atoms with Crippen LogP contribution in [0, 0.1) is 24.5 Å². The molecule has 0 spiro atoms. The maximum Gasteiger partial charge on any atom is 0.120 e. The summed E-state index contributed by atoms with van der Waals surface area (Å²) in [6.07, 6.45) is 3.21. The Labute approximate surface area is 293 Å². The van der Waals surface area contributed by atoms with Crippen molar-refractivity contribution in [1.29, 1.82) is 0 Å². The van der Waals surface area contributed by atoms with E-state index in [2.05, 4.69) is 114 Å². The molecule has 47 heavy (non-hydrogen) atoms. The minimum atomic E-state index is -1.38. The minimum absolute atomic E-state index is 0.